The molecule has 0 aliphatic carbocycles. The van der Waals surface area contributed by atoms with Crippen molar-refractivity contribution >= 4 is 41.7 Å². The van der Waals surface area contributed by atoms with Gasteiger partial charge in [-0.3, -0.25) is 9.79 Å². The Balaban J connectivity index is 0.00000480. The zero-order chi connectivity index (χ0) is 21.8. The molecule has 0 saturated carbocycles. The van der Waals surface area contributed by atoms with Crippen molar-refractivity contribution in [2.45, 2.75) is 26.8 Å². The standard InChI is InChI=1S/C22H31N5O3.HI/c1-16-5-7-18(19(13-16)30-12-11-29-4)15-26-22(23-3)24-10-9-21(28)27-20-8-6-17(2)14-25-20;/h5-8,13-14H,9-12,15H2,1-4H3,(H2,23,24,26)(H,25,27,28);1H. The fourth-order valence-corrected chi connectivity index (χ4v) is 2.62. The lowest BCUT2D eigenvalue weighted by atomic mass is 10.1. The van der Waals surface area contributed by atoms with Crippen LogP contribution in [-0.2, 0) is 16.1 Å². The molecule has 0 atom stereocenters. The quantitative estimate of drug-likeness (QED) is 0.185. The van der Waals surface area contributed by atoms with Crippen LogP contribution < -0.4 is 20.7 Å². The fraction of sp³-hybridized carbons (Fsp3) is 0.409. The van der Waals surface area contributed by atoms with Crippen LogP contribution in [-0.4, -0.2) is 50.8 Å². The van der Waals surface area contributed by atoms with Gasteiger partial charge in [0.2, 0.25) is 5.91 Å². The number of amides is 1. The van der Waals surface area contributed by atoms with E-state index in [1.54, 1.807) is 26.4 Å². The molecular weight excluding hydrogens is 509 g/mol. The number of carbonyl (C=O) groups excluding carboxylic acids is 1. The van der Waals surface area contributed by atoms with E-state index in [2.05, 4.69) is 25.9 Å². The maximum atomic E-state index is 12.1. The molecule has 0 aliphatic heterocycles. The molecule has 1 aromatic heterocycles. The highest BCUT2D eigenvalue weighted by Crippen LogP contribution is 2.20. The van der Waals surface area contributed by atoms with Crippen LogP contribution in [0.15, 0.2) is 41.5 Å². The van der Waals surface area contributed by atoms with Crippen LogP contribution in [0, 0.1) is 13.8 Å². The first kappa shape index (κ1) is 26.6. The SMILES string of the molecule is CN=C(NCCC(=O)Nc1ccc(C)cn1)NCc1ccc(C)cc1OCCOC.I. The number of ether oxygens (including phenoxy) is 2. The highest BCUT2D eigenvalue weighted by Gasteiger charge is 2.07. The Labute approximate surface area is 201 Å². The van der Waals surface area contributed by atoms with E-state index in [0.717, 1.165) is 22.4 Å². The third kappa shape index (κ3) is 9.97. The molecule has 31 heavy (non-hydrogen) atoms. The van der Waals surface area contributed by atoms with Crippen LogP contribution in [0.1, 0.15) is 23.1 Å². The predicted molar refractivity (Wildman–Crippen MR) is 134 cm³/mol. The number of aromatic nitrogens is 1. The second kappa shape index (κ2) is 14.6. The van der Waals surface area contributed by atoms with Gasteiger partial charge in [-0.1, -0.05) is 18.2 Å². The number of guanidine groups is 1. The Morgan fingerprint density at radius 1 is 1.10 bits per heavy atom. The Hall–Kier alpha value is -2.40. The summed E-state index contributed by atoms with van der Waals surface area (Å²) in [5, 5.41) is 9.17. The number of rotatable bonds is 10. The number of aliphatic imine (C=N–C) groups is 1. The number of benzene rings is 1. The molecule has 1 amide bonds. The van der Waals surface area contributed by atoms with E-state index in [4.69, 9.17) is 9.47 Å². The minimum Gasteiger partial charge on any atom is -0.491 e. The minimum absolute atomic E-state index is 0. The van der Waals surface area contributed by atoms with Crippen molar-refractivity contribution in [1.29, 1.82) is 0 Å². The first-order valence-corrected chi connectivity index (χ1v) is 9.90. The van der Waals surface area contributed by atoms with E-state index < -0.39 is 0 Å². The molecule has 1 aromatic carbocycles. The average molecular weight is 541 g/mol. The zero-order valence-corrected chi connectivity index (χ0v) is 20.9. The lowest BCUT2D eigenvalue weighted by molar-refractivity contribution is -0.116. The molecule has 2 aromatic rings. The molecule has 0 unspecified atom stereocenters. The van der Waals surface area contributed by atoms with E-state index in [-0.39, 0.29) is 29.9 Å². The smallest absolute Gasteiger partial charge is 0.227 e. The van der Waals surface area contributed by atoms with Crippen LogP contribution >= 0.6 is 24.0 Å². The third-order valence-electron chi connectivity index (χ3n) is 4.26. The highest BCUT2D eigenvalue weighted by atomic mass is 127. The molecule has 0 spiro atoms. The first-order chi connectivity index (χ1) is 14.5. The Bertz CT molecular complexity index is 844. The summed E-state index contributed by atoms with van der Waals surface area (Å²) in [5.41, 5.74) is 3.19. The second-order valence-electron chi connectivity index (χ2n) is 6.82. The maximum Gasteiger partial charge on any atom is 0.227 e. The molecule has 0 bridgehead atoms. The molecule has 2 rings (SSSR count). The van der Waals surface area contributed by atoms with Gasteiger partial charge in [-0.2, -0.15) is 0 Å². The van der Waals surface area contributed by atoms with Gasteiger partial charge in [0, 0.05) is 45.4 Å². The Kier molecular flexibility index (Phi) is 12.5. The van der Waals surface area contributed by atoms with Crippen LogP contribution in [0.2, 0.25) is 0 Å². The number of methoxy groups -OCH3 is 1. The summed E-state index contributed by atoms with van der Waals surface area (Å²) in [5.74, 6) is 1.87. The fourth-order valence-electron chi connectivity index (χ4n) is 2.62. The number of anilines is 1. The number of hydrogen-bond donors (Lipinski definition) is 3. The molecule has 3 N–H and O–H groups in total. The summed E-state index contributed by atoms with van der Waals surface area (Å²) in [6.07, 6.45) is 2.02. The van der Waals surface area contributed by atoms with Gasteiger partial charge >= 0.3 is 0 Å². The number of halogens is 1. The number of nitrogens with one attached hydrogen (secondary N) is 3. The molecule has 0 fully saturated rings. The topological polar surface area (TPSA) is 96.9 Å². The summed E-state index contributed by atoms with van der Waals surface area (Å²) in [6, 6.07) is 9.77. The number of pyridine rings is 1. The number of aryl methyl sites for hydroxylation is 2. The highest BCUT2D eigenvalue weighted by molar-refractivity contribution is 14.0. The van der Waals surface area contributed by atoms with E-state index >= 15 is 0 Å². The zero-order valence-electron chi connectivity index (χ0n) is 18.5. The monoisotopic (exact) mass is 541 g/mol. The minimum atomic E-state index is -0.110. The molecule has 8 nitrogen and oxygen atoms in total. The number of carbonyl (C=O) groups is 1. The van der Waals surface area contributed by atoms with Gasteiger partial charge < -0.3 is 25.4 Å². The van der Waals surface area contributed by atoms with Crippen molar-refractivity contribution in [3.63, 3.8) is 0 Å². The Morgan fingerprint density at radius 3 is 2.55 bits per heavy atom. The predicted octanol–water partition coefficient (Wildman–Crippen LogP) is 3.04. The summed E-state index contributed by atoms with van der Waals surface area (Å²) in [4.78, 5) is 20.4. The molecule has 0 radical (unpaired) electrons. The van der Waals surface area contributed by atoms with Crippen molar-refractivity contribution in [2.75, 3.05) is 39.2 Å². The number of hydrogen-bond acceptors (Lipinski definition) is 5. The van der Waals surface area contributed by atoms with Gasteiger partial charge in [0.25, 0.3) is 0 Å². The van der Waals surface area contributed by atoms with Crippen molar-refractivity contribution in [2.24, 2.45) is 4.99 Å². The Morgan fingerprint density at radius 2 is 1.87 bits per heavy atom. The molecule has 1 heterocycles. The van der Waals surface area contributed by atoms with Gasteiger partial charge in [0.05, 0.1) is 6.61 Å². The van der Waals surface area contributed by atoms with Gasteiger partial charge in [-0.05, 0) is 37.1 Å². The second-order valence-corrected chi connectivity index (χ2v) is 6.82. The molecule has 170 valence electrons. The van der Waals surface area contributed by atoms with E-state index in [0.29, 0.717) is 44.5 Å². The summed E-state index contributed by atoms with van der Waals surface area (Å²) in [6.45, 7) is 5.99. The molecular formula is C22H32IN5O3. The van der Waals surface area contributed by atoms with Crippen molar-refractivity contribution in [1.82, 2.24) is 15.6 Å². The van der Waals surface area contributed by atoms with Crippen molar-refractivity contribution in [3.8, 4) is 5.75 Å². The van der Waals surface area contributed by atoms with E-state index in [9.17, 15) is 4.79 Å². The summed E-state index contributed by atoms with van der Waals surface area (Å²) < 4.78 is 10.9. The van der Waals surface area contributed by atoms with Gasteiger partial charge in [0.1, 0.15) is 18.2 Å². The van der Waals surface area contributed by atoms with Crippen molar-refractivity contribution < 1.29 is 14.3 Å². The molecule has 0 aliphatic rings. The lowest BCUT2D eigenvalue weighted by Crippen LogP contribution is -2.38. The molecule has 9 heteroatoms. The van der Waals surface area contributed by atoms with Crippen molar-refractivity contribution in [3.05, 3.63) is 53.2 Å². The van der Waals surface area contributed by atoms with Crippen LogP contribution in [0.25, 0.3) is 0 Å². The average Bonchev–Trinajstić information content (AvgIpc) is 2.73. The lowest BCUT2D eigenvalue weighted by Gasteiger charge is -2.15. The largest absolute Gasteiger partial charge is 0.491 e. The summed E-state index contributed by atoms with van der Waals surface area (Å²) >= 11 is 0. The normalized spacial score (nSPS) is 10.8. The first-order valence-electron chi connectivity index (χ1n) is 9.90. The van der Waals surface area contributed by atoms with Crippen LogP contribution in [0.4, 0.5) is 5.82 Å². The maximum absolute atomic E-state index is 12.1. The van der Waals surface area contributed by atoms with E-state index in [1.165, 1.54) is 0 Å². The van der Waals surface area contributed by atoms with Crippen LogP contribution in [0.5, 0.6) is 5.75 Å². The number of nitrogens with zero attached hydrogens (tertiary/aromatic N) is 2. The third-order valence-corrected chi connectivity index (χ3v) is 4.26. The van der Waals surface area contributed by atoms with Gasteiger partial charge in [-0.15, -0.1) is 24.0 Å². The van der Waals surface area contributed by atoms with E-state index in [1.807, 2.05) is 38.1 Å². The summed E-state index contributed by atoms with van der Waals surface area (Å²) in [7, 11) is 3.34. The van der Waals surface area contributed by atoms with Gasteiger partial charge in [0.15, 0.2) is 5.96 Å². The van der Waals surface area contributed by atoms with Crippen LogP contribution in [0.3, 0.4) is 0 Å². The van der Waals surface area contributed by atoms with Gasteiger partial charge in [-0.25, -0.2) is 4.98 Å². The molecule has 0 saturated heterocycles.